The van der Waals surface area contributed by atoms with Crippen molar-refractivity contribution in [2.75, 3.05) is 0 Å². The zero-order chi connectivity index (χ0) is 6.69. The third kappa shape index (κ3) is 1.49. The van der Waals surface area contributed by atoms with Gasteiger partial charge in [-0.1, -0.05) is 30.3 Å². The highest BCUT2D eigenvalue weighted by atomic mass is 19.3. The number of halogens is 2. The van der Waals surface area contributed by atoms with Crippen molar-refractivity contribution < 1.29 is 8.78 Å². The molecule has 48 valence electrons. The van der Waals surface area contributed by atoms with E-state index >= 15 is 0 Å². The third-order valence-corrected chi connectivity index (χ3v) is 1.05. The monoisotopic (exact) mass is 128 g/mol. The molecule has 0 amide bonds. The van der Waals surface area contributed by atoms with Crippen molar-refractivity contribution >= 4 is 0 Å². The number of rotatable bonds is 1. The average Bonchev–Trinajstić information content (AvgIpc) is 1.90. The summed E-state index contributed by atoms with van der Waals surface area (Å²) >= 11 is 0. The number of hydrogen-bond acceptors (Lipinski definition) is 0. The van der Waals surface area contributed by atoms with E-state index in [2.05, 4.69) is 0 Å². The molecule has 0 atom stereocenters. The van der Waals surface area contributed by atoms with Gasteiger partial charge in [-0.3, -0.25) is 0 Å². The lowest BCUT2D eigenvalue weighted by atomic mass is 10.2. The van der Waals surface area contributed by atoms with Gasteiger partial charge in [-0.05, 0) is 0 Å². The fraction of sp³-hybridized carbons (Fsp3) is 0.143. The van der Waals surface area contributed by atoms with Crippen LogP contribution in [-0.2, 0) is 0 Å². The Kier molecular flexibility index (Phi) is 1.78. The fourth-order valence-electron chi connectivity index (χ4n) is 0.599. The van der Waals surface area contributed by atoms with Crippen molar-refractivity contribution in [3.63, 3.8) is 0 Å². The summed E-state index contributed by atoms with van der Waals surface area (Å²) in [6.45, 7) is 0. The van der Waals surface area contributed by atoms with Crippen LogP contribution in [0.2, 0.25) is 0 Å². The van der Waals surface area contributed by atoms with Crippen molar-refractivity contribution in [2.24, 2.45) is 0 Å². The van der Waals surface area contributed by atoms with Crippen LogP contribution in [0.15, 0.2) is 30.3 Å². The van der Waals surface area contributed by atoms with Gasteiger partial charge in [-0.2, -0.15) is 0 Å². The molecule has 1 aromatic carbocycles. The second-order valence-electron chi connectivity index (χ2n) is 1.71. The molecule has 0 aromatic heterocycles. The molecule has 2 heteroatoms. The van der Waals surface area contributed by atoms with E-state index in [-0.39, 0.29) is 5.56 Å². The van der Waals surface area contributed by atoms with Crippen LogP contribution in [0, 0.1) is 0 Å². The average molecular weight is 128 g/mol. The molecule has 0 saturated heterocycles. The second-order valence-corrected chi connectivity index (χ2v) is 1.71. The topological polar surface area (TPSA) is 0 Å². The molecule has 0 bridgehead atoms. The molecule has 0 nitrogen and oxygen atoms in total. The molecule has 0 radical (unpaired) electrons. The van der Waals surface area contributed by atoms with Gasteiger partial charge in [0.15, 0.2) is 0 Å². The maximum atomic E-state index is 11.8. The van der Waals surface area contributed by atoms with E-state index in [0.29, 0.717) is 0 Å². The van der Waals surface area contributed by atoms with Gasteiger partial charge in [-0.15, -0.1) is 0 Å². The standard InChI is InChI=1S/C7H6F2/c8-7(9)6-4-2-1-3-5-6/h1-5,7H. The summed E-state index contributed by atoms with van der Waals surface area (Å²) in [5, 5.41) is 0. The lowest BCUT2D eigenvalue weighted by molar-refractivity contribution is 0.151. The van der Waals surface area contributed by atoms with E-state index in [1.807, 2.05) is 0 Å². The molecule has 1 aromatic rings. The molecule has 0 aliphatic heterocycles. The Labute approximate surface area is 52.1 Å². The molecule has 0 spiro atoms. The largest absolute Gasteiger partial charge is 0.263 e. The summed E-state index contributed by atoms with van der Waals surface area (Å²) in [4.78, 5) is 0. The molecule has 0 heterocycles. The van der Waals surface area contributed by atoms with Crippen LogP contribution in [0.4, 0.5) is 8.78 Å². The molecule has 0 saturated carbocycles. The minimum Gasteiger partial charge on any atom is -0.205 e. The highest BCUT2D eigenvalue weighted by Gasteiger charge is 2.02. The van der Waals surface area contributed by atoms with Gasteiger partial charge in [0.2, 0.25) is 0 Å². The first-order valence-electron chi connectivity index (χ1n) is 2.64. The highest BCUT2D eigenvalue weighted by molar-refractivity contribution is 5.15. The third-order valence-electron chi connectivity index (χ3n) is 1.05. The maximum absolute atomic E-state index is 11.8. The smallest absolute Gasteiger partial charge is 0.205 e. The minimum absolute atomic E-state index is 0.0810. The van der Waals surface area contributed by atoms with E-state index in [1.165, 1.54) is 12.1 Å². The molecule has 0 aliphatic rings. The maximum Gasteiger partial charge on any atom is 0.263 e. The number of benzene rings is 1. The van der Waals surface area contributed by atoms with Crippen LogP contribution < -0.4 is 0 Å². The lowest BCUT2D eigenvalue weighted by Crippen LogP contribution is -1.79. The van der Waals surface area contributed by atoms with Crippen molar-refractivity contribution in [1.82, 2.24) is 0 Å². The van der Waals surface area contributed by atoms with Gasteiger partial charge in [-0.25, -0.2) is 8.78 Å². The van der Waals surface area contributed by atoms with Crippen LogP contribution in [0.1, 0.15) is 12.0 Å². The first kappa shape index (κ1) is 6.20. The summed E-state index contributed by atoms with van der Waals surface area (Å²) in [5.74, 6) is 0. The Morgan fingerprint density at radius 1 is 1.00 bits per heavy atom. The molecular weight excluding hydrogens is 122 g/mol. The second kappa shape index (κ2) is 2.58. The zero-order valence-electron chi connectivity index (χ0n) is 4.72. The Morgan fingerprint density at radius 3 is 1.89 bits per heavy atom. The molecule has 0 fully saturated rings. The van der Waals surface area contributed by atoms with Crippen molar-refractivity contribution in [1.29, 1.82) is 0 Å². The van der Waals surface area contributed by atoms with Crippen LogP contribution in [0.3, 0.4) is 0 Å². The number of alkyl halides is 2. The molecule has 0 aliphatic carbocycles. The van der Waals surface area contributed by atoms with E-state index in [9.17, 15) is 8.78 Å². The summed E-state index contributed by atoms with van der Waals surface area (Å²) in [6, 6.07) is 7.73. The Morgan fingerprint density at radius 2 is 1.56 bits per heavy atom. The summed E-state index contributed by atoms with van der Waals surface area (Å²) in [7, 11) is 0. The fourth-order valence-corrected chi connectivity index (χ4v) is 0.599. The van der Waals surface area contributed by atoms with Crippen LogP contribution >= 0.6 is 0 Å². The quantitative estimate of drug-likeness (QED) is 0.545. The summed E-state index contributed by atoms with van der Waals surface area (Å²) in [5.41, 5.74) is 0.0810. The summed E-state index contributed by atoms with van der Waals surface area (Å²) in [6.07, 6.45) is -2.34. The number of hydrogen-bond donors (Lipinski definition) is 0. The Hall–Kier alpha value is -0.920. The molecular formula is C7H6F2. The van der Waals surface area contributed by atoms with Gasteiger partial charge in [0.05, 0.1) is 0 Å². The normalized spacial score (nSPS) is 10.1. The highest BCUT2D eigenvalue weighted by Crippen LogP contribution is 2.16. The van der Waals surface area contributed by atoms with E-state index in [1.54, 1.807) is 18.2 Å². The first-order valence-corrected chi connectivity index (χ1v) is 2.64. The minimum atomic E-state index is -2.34. The van der Waals surface area contributed by atoms with Crippen molar-refractivity contribution in [2.45, 2.75) is 6.43 Å². The van der Waals surface area contributed by atoms with Gasteiger partial charge in [0, 0.05) is 5.56 Å². The van der Waals surface area contributed by atoms with E-state index in [0.717, 1.165) is 0 Å². The van der Waals surface area contributed by atoms with E-state index < -0.39 is 6.43 Å². The molecule has 0 unspecified atom stereocenters. The predicted molar refractivity (Wildman–Crippen MR) is 31.4 cm³/mol. The van der Waals surface area contributed by atoms with Gasteiger partial charge >= 0.3 is 0 Å². The van der Waals surface area contributed by atoms with Crippen molar-refractivity contribution in [3.05, 3.63) is 35.9 Å². The SMILES string of the molecule is FC(F)c1ccccc1. The van der Waals surface area contributed by atoms with Crippen LogP contribution in [0.5, 0.6) is 0 Å². The molecule has 1 rings (SSSR count). The van der Waals surface area contributed by atoms with Gasteiger partial charge < -0.3 is 0 Å². The summed E-state index contributed by atoms with van der Waals surface area (Å²) < 4.78 is 23.5. The molecule has 9 heavy (non-hydrogen) atoms. The van der Waals surface area contributed by atoms with Crippen molar-refractivity contribution in [3.8, 4) is 0 Å². The van der Waals surface area contributed by atoms with Crippen LogP contribution in [0.25, 0.3) is 0 Å². The predicted octanol–water partition coefficient (Wildman–Crippen LogP) is 2.62. The zero-order valence-corrected chi connectivity index (χ0v) is 4.72. The van der Waals surface area contributed by atoms with E-state index in [4.69, 9.17) is 0 Å². The van der Waals surface area contributed by atoms with Crippen LogP contribution in [-0.4, -0.2) is 0 Å². The van der Waals surface area contributed by atoms with Gasteiger partial charge in [0.25, 0.3) is 6.43 Å². The first-order chi connectivity index (χ1) is 4.30. The lowest BCUT2D eigenvalue weighted by Gasteiger charge is -1.94. The van der Waals surface area contributed by atoms with Gasteiger partial charge in [0.1, 0.15) is 0 Å². The Balaban J connectivity index is 2.85. The molecule has 0 N–H and O–H groups in total. The Bertz CT molecular complexity index is 170.